The summed E-state index contributed by atoms with van der Waals surface area (Å²) in [5.74, 6) is 0. The van der Waals surface area contributed by atoms with Gasteiger partial charge in [0.1, 0.15) is 5.65 Å². The molecule has 5 nitrogen and oxygen atoms in total. The van der Waals surface area contributed by atoms with Crippen LogP contribution in [-0.2, 0) is 15.4 Å². The summed E-state index contributed by atoms with van der Waals surface area (Å²) in [7, 11) is -3.68. The molecule has 0 unspecified atom stereocenters. The van der Waals surface area contributed by atoms with Gasteiger partial charge in [-0.15, -0.1) is 0 Å². The summed E-state index contributed by atoms with van der Waals surface area (Å²) >= 11 is 0. The van der Waals surface area contributed by atoms with E-state index in [4.69, 9.17) is 4.98 Å². The Morgan fingerprint density at radius 1 is 0.967 bits per heavy atom. The second-order valence-electron chi connectivity index (χ2n) is 8.51. The molecule has 0 atom stereocenters. The number of sulfonamides is 1. The molecule has 4 rings (SSSR count). The molecule has 2 aromatic carbocycles. The smallest absolute Gasteiger partial charge is 0.261 e. The minimum absolute atomic E-state index is 0.0312. The van der Waals surface area contributed by atoms with Crippen LogP contribution in [0.2, 0.25) is 0 Å². The van der Waals surface area contributed by atoms with Crippen molar-refractivity contribution in [1.29, 1.82) is 0 Å². The van der Waals surface area contributed by atoms with Gasteiger partial charge in [-0.2, -0.15) is 0 Å². The highest BCUT2D eigenvalue weighted by Crippen LogP contribution is 2.26. The first-order valence-corrected chi connectivity index (χ1v) is 11.3. The Morgan fingerprint density at radius 2 is 1.70 bits per heavy atom. The highest BCUT2D eigenvalue weighted by Gasteiger charge is 2.18. The van der Waals surface area contributed by atoms with Crippen molar-refractivity contribution in [1.82, 2.24) is 9.38 Å². The van der Waals surface area contributed by atoms with Crippen LogP contribution in [0, 0.1) is 6.92 Å². The van der Waals surface area contributed by atoms with Crippen LogP contribution in [0.3, 0.4) is 0 Å². The molecule has 1 N–H and O–H groups in total. The molecule has 6 heteroatoms. The molecule has 0 aliphatic heterocycles. The maximum Gasteiger partial charge on any atom is 0.261 e. The third kappa shape index (κ3) is 3.96. The second-order valence-corrected chi connectivity index (χ2v) is 10.2. The SMILES string of the molecule is Cc1cccn2cc(-c3cccc(NS(=O)(=O)c4ccc(C(C)(C)C)cc4)c3)nc12. The van der Waals surface area contributed by atoms with Crippen molar-refractivity contribution in [3.8, 4) is 11.3 Å². The molecular formula is C24H25N3O2S. The van der Waals surface area contributed by atoms with Crippen LogP contribution >= 0.6 is 0 Å². The highest BCUT2D eigenvalue weighted by atomic mass is 32.2. The van der Waals surface area contributed by atoms with E-state index in [2.05, 4.69) is 25.5 Å². The number of anilines is 1. The summed E-state index contributed by atoms with van der Waals surface area (Å²) < 4.78 is 30.4. The van der Waals surface area contributed by atoms with E-state index in [1.165, 1.54) is 0 Å². The Labute approximate surface area is 177 Å². The molecule has 0 aliphatic rings. The number of rotatable bonds is 4. The van der Waals surface area contributed by atoms with Gasteiger partial charge in [-0.25, -0.2) is 13.4 Å². The van der Waals surface area contributed by atoms with Crippen molar-refractivity contribution >= 4 is 21.4 Å². The lowest BCUT2D eigenvalue weighted by Gasteiger charge is -2.19. The average Bonchev–Trinajstić information content (AvgIpc) is 3.13. The third-order valence-corrected chi connectivity index (χ3v) is 6.52. The molecule has 154 valence electrons. The molecule has 0 fully saturated rings. The summed E-state index contributed by atoms with van der Waals surface area (Å²) in [5, 5.41) is 0. The molecule has 0 amide bonds. The maximum atomic E-state index is 12.9. The van der Waals surface area contributed by atoms with Crippen LogP contribution < -0.4 is 4.72 Å². The minimum atomic E-state index is -3.68. The maximum absolute atomic E-state index is 12.9. The summed E-state index contributed by atoms with van der Waals surface area (Å²) in [4.78, 5) is 4.94. The fourth-order valence-corrected chi connectivity index (χ4v) is 4.43. The molecule has 30 heavy (non-hydrogen) atoms. The van der Waals surface area contributed by atoms with Gasteiger partial charge in [-0.05, 0) is 53.8 Å². The van der Waals surface area contributed by atoms with Crippen molar-refractivity contribution < 1.29 is 8.42 Å². The Hall–Kier alpha value is -3.12. The van der Waals surface area contributed by atoms with Gasteiger partial charge in [-0.3, -0.25) is 4.72 Å². The topological polar surface area (TPSA) is 63.5 Å². The molecule has 0 radical (unpaired) electrons. The van der Waals surface area contributed by atoms with E-state index in [1.807, 2.05) is 60.1 Å². The van der Waals surface area contributed by atoms with Gasteiger partial charge in [-0.1, -0.05) is 51.1 Å². The number of fused-ring (bicyclic) bond motifs is 1. The molecule has 0 bridgehead atoms. The van der Waals surface area contributed by atoms with Crippen LogP contribution in [0.25, 0.3) is 16.9 Å². The van der Waals surface area contributed by atoms with E-state index in [0.29, 0.717) is 5.69 Å². The fourth-order valence-electron chi connectivity index (χ4n) is 3.38. The van der Waals surface area contributed by atoms with Crippen LogP contribution in [0.1, 0.15) is 31.9 Å². The lowest BCUT2D eigenvalue weighted by molar-refractivity contribution is 0.587. The van der Waals surface area contributed by atoms with Crippen molar-refractivity contribution in [3.63, 3.8) is 0 Å². The molecular weight excluding hydrogens is 394 g/mol. The first-order chi connectivity index (χ1) is 14.1. The number of nitrogens with one attached hydrogen (secondary N) is 1. The fraction of sp³-hybridized carbons (Fsp3) is 0.208. The number of pyridine rings is 1. The summed E-state index contributed by atoms with van der Waals surface area (Å²) in [6.07, 6.45) is 3.90. The summed E-state index contributed by atoms with van der Waals surface area (Å²) in [5.41, 5.74) is 5.17. The number of benzene rings is 2. The van der Waals surface area contributed by atoms with Gasteiger partial charge in [0.25, 0.3) is 10.0 Å². The van der Waals surface area contributed by atoms with Crippen LogP contribution in [0.5, 0.6) is 0 Å². The van der Waals surface area contributed by atoms with E-state index < -0.39 is 10.0 Å². The van der Waals surface area contributed by atoms with E-state index >= 15 is 0 Å². The Bertz CT molecular complexity index is 1310. The van der Waals surface area contributed by atoms with Gasteiger partial charge >= 0.3 is 0 Å². The molecule has 2 heterocycles. The van der Waals surface area contributed by atoms with Gasteiger partial charge < -0.3 is 4.40 Å². The molecule has 2 aromatic heterocycles. The van der Waals surface area contributed by atoms with Gasteiger partial charge in [0.2, 0.25) is 0 Å². The number of aromatic nitrogens is 2. The van der Waals surface area contributed by atoms with Crippen LogP contribution in [-0.4, -0.2) is 17.8 Å². The number of imidazole rings is 1. The lowest BCUT2D eigenvalue weighted by Crippen LogP contribution is -2.14. The van der Waals surface area contributed by atoms with E-state index in [9.17, 15) is 8.42 Å². The number of hydrogen-bond acceptors (Lipinski definition) is 3. The number of hydrogen-bond donors (Lipinski definition) is 1. The Morgan fingerprint density at radius 3 is 2.37 bits per heavy atom. The van der Waals surface area contributed by atoms with E-state index in [0.717, 1.165) is 28.0 Å². The molecule has 4 aromatic rings. The lowest BCUT2D eigenvalue weighted by atomic mass is 9.87. The third-order valence-electron chi connectivity index (χ3n) is 5.12. The van der Waals surface area contributed by atoms with Crippen molar-refractivity contribution in [2.24, 2.45) is 0 Å². The van der Waals surface area contributed by atoms with E-state index in [1.54, 1.807) is 24.3 Å². The quantitative estimate of drug-likeness (QED) is 0.481. The number of aryl methyl sites for hydroxylation is 1. The van der Waals surface area contributed by atoms with E-state index in [-0.39, 0.29) is 10.3 Å². The predicted octanol–water partition coefficient (Wildman–Crippen LogP) is 5.41. The zero-order valence-electron chi connectivity index (χ0n) is 17.5. The zero-order chi connectivity index (χ0) is 21.5. The van der Waals surface area contributed by atoms with Crippen LogP contribution in [0.4, 0.5) is 5.69 Å². The van der Waals surface area contributed by atoms with Crippen molar-refractivity contribution in [3.05, 3.63) is 84.2 Å². The first kappa shape index (κ1) is 20.2. The Balaban J connectivity index is 1.63. The normalized spacial score (nSPS) is 12.3. The van der Waals surface area contributed by atoms with Gasteiger partial charge in [0.05, 0.1) is 10.6 Å². The molecule has 0 saturated carbocycles. The largest absolute Gasteiger partial charge is 0.306 e. The second kappa shape index (κ2) is 7.29. The molecule has 0 aliphatic carbocycles. The van der Waals surface area contributed by atoms with Gasteiger partial charge in [0, 0.05) is 23.6 Å². The summed E-state index contributed by atoms with van der Waals surface area (Å²) in [6.45, 7) is 8.31. The summed E-state index contributed by atoms with van der Waals surface area (Å²) in [6, 6.07) is 18.3. The zero-order valence-corrected chi connectivity index (χ0v) is 18.4. The monoisotopic (exact) mass is 419 g/mol. The molecule has 0 spiro atoms. The Kier molecular flexibility index (Phi) is 4.90. The van der Waals surface area contributed by atoms with Gasteiger partial charge in [0.15, 0.2) is 0 Å². The minimum Gasteiger partial charge on any atom is -0.306 e. The average molecular weight is 420 g/mol. The van der Waals surface area contributed by atoms with Crippen LogP contribution in [0.15, 0.2) is 78.0 Å². The molecule has 0 saturated heterocycles. The van der Waals surface area contributed by atoms with Crippen molar-refractivity contribution in [2.45, 2.75) is 38.0 Å². The first-order valence-electron chi connectivity index (χ1n) is 9.82. The predicted molar refractivity (Wildman–Crippen MR) is 121 cm³/mol. The van der Waals surface area contributed by atoms with Crippen molar-refractivity contribution in [2.75, 3.05) is 4.72 Å². The highest BCUT2D eigenvalue weighted by molar-refractivity contribution is 7.92. The number of nitrogens with zero attached hydrogens (tertiary/aromatic N) is 2. The standard InChI is InChI=1S/C24H25N3O2S/c1-17-7-6-14-27-16-22(25-23(17)27)18-8-5-9-20(15-18)26-30(28,29)21-12-10-19(11-13-21)24(2,3)4/h5-16,26H,1-4H3.